The molecule has 17 heavy (non-hydrogen) atoms. The first-order valence-electron chi connectivity index (χ1n) is 4.94. The predicted octanol–water partition coefficient (Wildman–Crippen LogP) is 3.13. The molecule has 7 heteroatoms. The zero-order valence-corrected chi connectivity index (χ0v) is 10.2. The van der Waals surface area contributed by atoms with Gasteiger partial charge in [-0.15, -0.1) is 11.3 Å². The molecule has 2 rings (SSSR count). The molecule has 1 atom stereocenters. The summed E-state index contributed by atoms with van der Waals surface area (Å²) in [5, 5.41) is 2.61. The van der Waals surface area contributed by atoms with E-state index in [0.29, 0.717) is 4.34 Å². The van der Waals surface area contributed by atoms with Crippen molar-refractivity contribution in [3.8, 4) is 0 Å². The minimum atomic E-state index is -4.54. The van der Waals surface area contributed by atoms with E-state index in [1.54, 1.807) is 0 Å². The van der Waals surface area contributed by atoms with Crippen LogP contribution >= 0.6 is 22.9 Å². The van der Waals surface area contributed by atoms with Crippen LogP contribution in [0.1, 0.15) is 16.1 Å². The number of nitrogens with one attached hydrogen (secondary N) is 1. The summed E-state index contributed by atoms with van der Waals surface area (Å²) in [4.78, 5) is 12.1. The molecule has 0 spiro atoms. The molecule has 1 fully saturated rings. The standard InChI is InChI=1S/C10H9ClF3NOS/c11-7-2-1-6(17-7)8(16)9(10(12,13)14)3-4-15-5-9/h1-2,15H,3-5H2. The van der Waals surface area contributed by atoms with E-state index in [4.69, 9.17) is 11.6 Å². The first-order valence-corrected chi connectivity index (χ1v) is 6.14. The van der Waals surface area contributed by atoms with Gasteiger partial charge in [-0.25, -0.2) is 0 Å². The summed E-state index contributed by atoms with van der Waals surface area (Å²) in [5.74, 6) is -0.883. The quantitative estimate of drug-likeness (QED) is 0.845. The second-order valence-electron chi connectivity index (χ2n) is 3.94. The zero-order chi connectivity index (χ0) is 12.7. The second-order valence-corrected chi connectivity index (χ2v) is 5.65. The Bertz CT molecular complexity index is 437. The van der Waals surface area contributed by atoms with Crippen molar-refractivity contribution in [2.24, 2.45) is 5.41 Å². The van der Waals surface area contributed by atoms with E-state index in [2.05, 4.69) is 5.32 Å². The molecule has 0 amide bonds. The summed E-state index contributed by atoms with van der Waals surface area (Å²) in [6.07, 6.45) is -4.76. The molecule has 94 valence electrons. The Morgan fingerprint density at radius 3 is 2.59 bits per heavy atom. The van der Waals surface area contributed by atoms with Crippen LogP contribution in [0.2, 0.25) is 4.34 Å². The number of thiophene rings is 1. The number of Topliss-reactive ketones (excluding diaryl/α,β-unsaturated/α-hetero) is 1. The van der Waals surface area contributed by atoms with E-state index >= 15 is 0 Å². The van der Waals surface area contributed by atoms with E-state index in [0.717, 1.165) is 11.3 Å². The molecular formula is C10H9ClF3NOS. The van der Waals surface area contributed by atoms with Crippen LogP contribution in [-0.4, -0.2) is 25.0 Å². The molecule has 1 aromatic heterocycles. The molecular weight excluding hydrogens is 275 g/mol. The van der Waals surface area contributed by atoms with Crippen molar-refractivity contribution in [2.75, 3.05) is 13.1 Å². The number of hydrogen-bond acceptors (Lipinski definition) is 3. The molecule has 0 aliphatic carbocycles. The third kappa shape index (κ3) is 2.09. The monoisotopic (exact) mass is 283 g/mol. The molecule has 0 aromatic carbocycles. The Labute approximate surface area is 105 Å². The van der Waals surface area contributed by atoms with Crippen LogP contribution in [0, 0.1) is 5.41 Å². The molecule has 1 aliphatic rings. The number of carbonyl (C=O) groups is 1. The van der Waals surface area contributed by atoms with Gasteiger partial charge in [0.25, 0.3) is 0 Å². The lowest BCUT2D eigenvalue weighted by Crippen LogP contribution is -2.46. The number of rotatable bonds is 2. The van der Waals surface area contributed by atoms with Crippen molar-refractivity contribution in [1.29, 1.82) is 0 Å². The highest BCUT2D eigenvalue weighted by Crippen LogP contribution is 2.46. The SMILES string of the molecule is O=C(c1ccc(Cl)s1)C1(C(F)(F)F)CCNC1. The highest BCUT2D eigenvalue weighted by Gasteiger charge is 2.61. The Balaban J connectivity index is 2.38. The van der Waals surface area contributed by atoms with Gasteiger partial charge in [-0.3, -0.25) is 4.79 Å². The smallest absolute Gasteiger partial charge is 0.315 e. The molecule has 1 saturated heterocycles. The van der Waals surface area contributed by atoms with Crippen LogP contribution in [0.4, 0.5) is 13.2 Å². The summed E-state index contributed by atoms with van der Waals surface area (Å²) in [6, 6.07) is 2.78. The van der Waals surface area contributed by atoms with E-state index in [9.17, 15) is 18.0 Å². The van der Waals surface area contributed by atoms with Crippen LogP contribution in [0.5, 0.6) is 0 Å². The second kappa shape index (κ2) is 4.26. The fraction of sp³-hybridized carbons (Fsp3) is 0.500. The molecule has 0 radical (unpaired) electrons. The Hall–Kier alpha value is -0.590. The lowest BCUT2D eigenvalue weighted by molar-refractivity contribution is -0.197. The van der Waals surface area contributed by atoms with Gasteiger partial charge in [0.2, 0.25) is 0 Å². The molecule has 1 unspecified atom stereocenters. The van der Waals surface area contributed by atoms with Crippen molar-refractivity contribution in [2.45, 2.75) is 12.6 Å². The molecule has 0 bridgehead atoms. The molecule has 1 aromatic rings. The molecule has 1 N–H and O–H groups in total. The number of ketones is 1. The number of carbonyl (C=O) groups excluding carboxylic acids is 1. The van der Waals surface area contributed by atoms with Crippen LogP contribution in [-0.2, 0) is 0 Å². The summed E-state index contributed by atoms with van der Waals surface area (Å²) in [6.45, 7) is -0.158. The average Bonchev–Trinajstić information content (AvgIpc) is 2.83. The van der Waals surface area contributed by atoms with Crippen molar-refractivity contribution in [1.82, 2.24) is 5.32 Å². The Morgan fingerprint density at radius 2 is 2.18 bits per heavy atom. The number of halogens is 4. The van der Waals surface area contributed by atoms with Gasteiger partial charge in [-0.1, -0.05) is 11.6 Å². The maximum Gasteiger partial charge on any atom is 0.402 e. The maximum atomic E-state index is 13.1. The lowest BCUT2D eigenvalue weighted by atomic mass is 9.81. The van der Waals surface area contributed by atoms with E-state index in [1.807, 2.05) is 0 Å². The van der Waals surface area contributed by atoms with Gasteiger partial charge in [0.05, 0.1) is 9.21 Å². The van der Waals surface area contributed by atoms with E-state index in [-0.39, 0.29) is 24.4 Å². The van der Waals surface area contributed by atoms with Gasteiger partial charge in [0.1, 0.15) is 5.41 Å². The highest BCUT2D eigenvalue weighted by molar-refractivity contribution is 7.18. The average molecular weight is 284 g/mol. The zero-order valence-electron chi connectivity index (χ0n) is 8.60. The van der Waals surface area contributed by atoms with Crippen LogP contribution < -0.4 is 5.32 Å². The van der Waals surface area contributed by atoms with Crippen LogP contribution in [0.25, 0.3) is 0 Å². The van der Waals surface area contributed by atoms with E-state index in [1.165, 1.54) is 12.1 Å². The van der Waals surface area contributed by atoms with Gasteiger partial charge in [0, 0.05) is 6.54 Å². The van der Waals surface area contributed by atoms with Crippen LogP contribution in [0.3, 0.4) is 0 Å². The third-order valence-corrected chi connectivity index (χ3v) is 4.16. The largest absolute Gasteiger partial charge is 0.402 e. The minimum Gasteiger partial charge on any atom is -0.315 e. The van der Waals surface area contributed by atoms with E-state index < -0.39 is 17.4 Å². The van der Waals surface area contributed by atoms with Crippen molar-refractivity contribution in [3.05, 3.63) is 21.3 Å². The lowest BCUT2D eigenvalue weighted by Gasteiger charge is -2.28. The Kier molecular flexibility index (Phi) is 3.22. The normalized spacial score (nSPS) is 25.2. The predicted molar refractivity (Wildman–Crippen MR) is 59.6 cm³/mol. The van der Waals surface area contributed by atoms with Gasteiger partial charge in [-0.2, -0.15) is 13.2 Å². The van der Waals surface area contributed by atoms with Gasteiger partial charge in [-0.05, 0) is 25.1 Å². The summed E-state index contributed by atoms with van der Waals surface area (Å²) in [7, 11) is 0. The first kappa shape index (κ1) is 12.9. The van der Waals surface area contributed by atoms with Gasteiger partial charge in [0.15, 0.2) is 5.78 Å². The maximum absolute atomic E-state index is 13.1. The molecule has 0 saturated carbocycles. The summed E-state index contributed by atoms with van der Waals surface area (Å²) < 4.78 is 39.5. The van der Waals surface area contributed by atoms with Crippen molar-refractivity contribution >= 4 is 28.7 Å². The number of alkyl halides is 3. The van der Waals surface area contributed by atoms with Crippen LogP contribution in [0.15, 0.2) is 12.1 Å². The number of hydrogen-bond donors (Lipinski definition) is 1. The van der Waals surface area contributed by atoms with Gasteiger partial charge >= 0.3 is 6.18 Å². The van der Waals surface area contributed by atoms with Gasteiger partial charge < -0.3 is 5.32 Å². The first-order chi connectivity index (χ1) is 7.87. The highest BCUT2D eigenvalue weighted by atomic mass is 35.5. The fourth-order valence-electron chi connectivity index (χ4n) is 1.93. The molecule has 1 aliphatic heterocycles. The third-order valence-electron chi connectivity index (χ3n) is 2.93. The Morgan fingerprint density at radius 1 is 1.47 bits per heavy atom. The fourth-order valence-corrected chi connectivity index (χ4v) is 3.01. The summed E-state index contributed by atoms with van der Waals surface area (Å²) in [5.41, 5.74) is -2.29. The van der Waals surface area contributed by atoms with Crippen molar-refractivity contribution < 1.29 is 18.0 Å². The topological polar surface area (TPSA) is 29.1 Å². The summed E-state index contributed by atoms with van der Waals surface area (Å²) >= 11 is 6.53. The van der Waals surface area contributed by atoms with Crippen molar-refractivity contribution in [3.63, 3.8) is 0 Å². The molecule has 2 nitrogen and oxygen atoms in total. The molecule has 2 heterocycles. The minimum absolute atomic E-state index is 0.0658.